The fourth-order valence-electron chi connectivity index (χ4n) is 3.30. The highest BCUT2D eigenvalue weighted by Crippen LogP contribution is 2.23. The standard InChI is InChI=1S/C19H27N5O3S2/c1-12-10-23(11-13(12)20-18(26)27-19(2,3)4)15(25)7-8-24-16(21-22-17(24)28)14-6-5-9-29-14/h5-6,9,12-13H,7-8,10-11H2,1-4H3,(H,20,26)(H,22,28)/t12-,13-/m1/s1. The van der Waals surface area contributed by atoms with Crippen molar-refractivity contribution < 1.29 is 14.3 Å². The van der Waals surface area contributed by atoms with Gasteiger partial charge in [-0.2, -0.15) is 5.10 Å². The van der Waals surface area contributed by atoms with Crippen LogP contribution < -0.4 is 5.32 Å². The van der Waals surface area contributed by atoms with Crippen LogP contribution in [0.4, 0.5) is 4.79 Å². The molecule has 2 N–H and O–H groups in total. The molecular formula is C19H27N5O3S2. The second-order valence-corrected chi connectivity index (χ2v) is 9.59. The van der Waals surface area contributed by atoms with Gasteiger partial charge < -0.3 is 15.0 Å². The first kappa shape index (κ1) is 21.5. The molecule has 0 aromatic carbocycles. The highest BCUT2D eigenvalue weighted by Gasteiger charge is 2.34. The molecule has 0 spiro atoms. The van der Waals surface area contributed by atoms with Crippen molar-refractivity contribution in [2.45, 2.75) is 52.3 Å². The predicted molar refractivity (Wildman–Crippen MR) is 114 cm³/mol. The van der Waals surface area contributed by atoms with Crippen LogP contribution in [-0.2, 0) is 16.1 Å². The van der Waals surface area contributed by atoms with E-state index >= 15 is 0 Å². The molecule has 0 unspecified atom stereocenters. The molecule has 158 valence electrons. The molecule has 8 nitrogen and oxygen atoms in total. The van der Waals surface area contributed by atoms with E-state index < -0.39 is 11.7 Å². The van der Waals surface area contributed by atoms with Gasteiger partial charge in [0.1, 0.15) is 5.60 Å². The van der Waals surface area contributed by atoms with E-state index in [0.717, 1.165) is 10.7 Å². The van der Waals surface area contributed by atoms with Gasteiger partial charge in [0.05, 0.1) is 10.9 Å². The molecule has 1 saturated heterocycles. The zero-order valence-corrected chi connectivity index (χ0v) is 18.7. The molecule has 29 heavy (non-hydrogen) atoms. The van der Waals surface area contributed by atoms with Crippen molar-refractivity contribution in [2.75, 3.05) is 13.1 Å². The Morgan fingerprint density at radius 3 is 2.83 bits per heavy atom. The second-order valence-electron chi connectivity index (χ2n) is 8.26. The molecule has 0 aliphatic carbocycles. The van der Waals surface area contributed by atoms with Crippen molar-refractivity contribution >= 4 is 35.6 Å². The Bertz CT molecular complexity index is 913. The molecule has 2 aromatic heterocycles. The van der Waals surface area contributed by atoms with Crippen molar-refractivity contribution in [3.05, 3.63) is 22.3 Å². The van der Waals surface area contributed by atoms with Gasteiger partial charge in [-0.3, -0.25) is 14.5 Å². The van der Waals surface area contributed by atoms with Crippen LogP contribution in [0.2, 0.25) is 0 Å². The van der Waals surface area contributed by atoms with Crippen molar-refractivity contribution in [1.82, 2.24) is 25.0 Å². The van der Waals surface area contributed by atoms with Gasteiger partial charge in [0.25, 0.3) is 0 Å². The number of ether oxygens (including phenoxy) is 1. The number of nitrogens with zero attached hydrogens (tertiary/aromatic N) is 3. The molecule has 0 saturated carbocycles. The predicted octanol–water partition coefficient (Wildman–Crippen LogP) is 3.43. The molecule has 10 heteroatoms. The number of carbonyl (C=O) groups is 2. The number of likely N-dealkylation sites (tertiary alicyclic amines) is 1. The quantitative estimate of drug-likeness (QED) is 0.699. The minimum Gasteiger partial charge on any atom is -0.444 e. The van der Waals surface area contributed by atoms with Crippen LogP contribution in [0.25, 0.3) is 10.7 Å². The van der Waals surface area contributed by atoms with Crippen LogP contribution in [-0.4, -0.2) is 56.4 Å². The maximum absolute atomic E-state index is 12.8. The van der Waals surface area contributed by atoms with Crippen molar-refractivity contribution in [2.24, 2.45) is 5.92 Å². The lowest BCUT2D eigenvalue weighted by Gasteiger charge is -2.23. The summed E-state index contributed by atoms with van der Waals surface area (Å²) >= 11 is 6.90. The average Bonchev–Trinajstić information content (AvgIpc) is 3.33. The fourth-order valence-corrected chi connectivity index (χ4v) is 4.25. The maximum atomic E-state index is 12.8. The summed E-state index contributed by atoms with van der Waals surface area (Å²) in [5, 5.41) is 12.0. The molecule has 1 fully saturated rings. The third-order valence-corrected chi connectivity index (χ3v) is 5.89. The molecule has 2 aromatic rings. The molecule has 0 radical (unpaired) electrons. The zero-order valence-electron chi connectivity index (χ0n) is 17.1. The number of nitrogens with one attached hydrogen (secondary N) is 2. The summed E-state index contributed by atoms with van der Waals surface area (Å²) in [6.45, 7) is 9.04. The Labute approximate surface area is 179 Å². The molecular weight excluding hydrogens is 410 g/mol. The van der Waals surface area contributed by atoms with Crippen molar-refractivity contribution in [3.63, 3.8) is 0 Å². The molecule has 2 amide bonds. The largest absolute Gasteiger partial charge is 0.444 e. The number of hydrogen-bond donors (Lipinski definition) is 2. The summed E-state index contributed by atoms with van der Waals surface area (Å²) in [4.78, 5) is 27.6. The number of thiophene rings is 1. The van der Waals surface area contributed by atoms with Crippen molar-refractivity contribution in [1.29, 1.82) is 0 Å². The van der Waals surface area contributed by atoms with Crippen LogP contribution in [0.5, 0.6) is 0 Å². The number of rotatable bonds is 5. The van der Waals surface area contributed by atoms with E-state index in [9.17, 15) is 9.59 Å². The van der Waals surface area contributed by atoms with E-state index in [0.29, 0.717) is 30.8 Å². The average molecular weight is 438 g/mol. The number of hydrogen-bond acceptors (Lipinski definition) is 6. The minimum absolute atomic E-state index is 0.0329. The number of aromatic amines is 1. The number of aromatic nitrogens is 3. The summed E-state index contributed by atoms with van der Waals surface area (Å²) in [7, 11) is 0. The van der Waals surface area contributed by atoms with E-state index in [4.69, 9.17) is 17.0 Å². The minimum atomic E-state index is -0.550. The van der Waals surface area contributed by atoms with Crippen LogP contribution >= 0.6 is 23.6 Å². The van der Waals surface area contributed by atoms with Gasteiger partial charge in [0.15, 0.2) is 10.6 Å². The van der Waals surface area contributed by atoms with Gasteiger partial charge >= 0.3 is 6.09 Å². The lowest BCUT2D eigenvalue weighted by Crippen LogP contribution is -2.43. The normalized spacial score (nSPS) is 19.4. The van der Waals surface area contributed by atoms with E-state index in [2.05, 4.69) is 15.5 Å². The number of H-pyrrole nitrogens is 1. The Hall–Kier alpha value is -2.20. The molecule has 1 aliphatic rings. The lowest BCUT2D eigenvalue weighted by atomic mass is 10.1. The summed E-state index contributed by atoms with van der Waals surface area (Å²) in [6.07, 6.45) is -0.133. The van der Waals surface area contributed by atoms with Crippen molar-refractivity contribution in [3.8, 4) is 10.7 Å². The monoisotopic (exact) mass is 437 g/mol. The summed E-state index contributed by atoms with van der Waals surface area (Å²) < 4.78 is 7.68. The number of carbonyl (C=O) groups excluding carboxylic acids is 2. The topological polar surface area (TPSA) is 92.3 Å². The first-order valence-electron chi connectivity index (χ1n) is 9.60. The van der Waals surface area contributed by atoms with Gasteiger partial charge in [-0.05, 0) is 50.4 Å². The lowest BCUT2D eigenvalue weighted by molar-refractivity contribution is -0.130. The Morgan fingerprint density at radius 1 is 1.41 bits per heavy atom. The van der Waals surface area contributed by atoms with Gasteiger partial charge in [-0.15, -0.1) is 11.3 Å². The first-order chi connectivity index (χ1) is 13.6. The van der Waals surface area contributed by atoms with Gasteiger partial charge in [-0.25, -0.2) is 4.79 Å². The summed E-state index contributed by atoms with van der Waals surface area (Å²) in [5.74, 6) is 0.937. The highest BCUT2D eigenvalue weighted by molar-refractivity contribution is 7.71. The smallest absolute Gasteiger partial charge is 0.407 e. The van der Waals surface area contributed by atoms with Gasteiger partial charge in [-0.1, -0.05) is 13.0 Å². The summed E-state index contributed by atoms with van der Waals surface area (Å²) in [6, 6.07) is 3.81. The van der Waals surface area contributed by atoms with E-state index in [1.807, 2.05) is 49.8 Å². The second kappa shape index (κ2) is 8.66. The molecule has 0 bridgehead atoms. The third-order valence-electron chi connectivity index (χ3n) is 4.72. The first-order valence-corrected chi connectivity index (χ1v) is 10.9. The maximum Gasteiger partial charge on any atom is 0.407 e. The van der Waals surface area contributed by atoms with E-state index in [1.54, 1.807) is 16.2 Å². The molecule has 3 rings (SSSR count). The molecule has 2 atom stereocenters. The number of amides is 2. The molecule has 1 aliphatic heterocycles. The van der Waals surface area contributed by atoms with E-state index in [1.165, 1.54) is 0 Å². The summed E-state index contributed by atoms with van der Waals surface area (Å²) in [5.41, 5.74) is -0.550. The SMILES string of the molecule is C[C@@H]1CN(C(=O)CCn2c(-c3cccs3)n[nH]c2=S)C[C@H]1NC(=O)OC(C)(C)C. The fraction of sp³-hybridized carbons (Fsp3) is 0.579. The van der Waals surface area contributed by atoms with Crippen LogP contribution in [0.15, 0.2) is 17.5 Å². The Kier molecular flexibility index (Phi) is 6.42. The van der Waals surface area contributed by atoms with Crippen LogP contribution in [0.1, 0.15) is 34.1 Å². The van der Waals surface area contributed by atoms with Crippen LogP contribution in [0, 0.1) is 10.7 Å². The Morgan fingerprint density at radius 2 is 2.17 bits per heavy atom. The number of alkyl carbamates (subject to hydrolysis) is 1. The third kappa shape index (κ3) is 5.45. The van der Waals surface area contributed by atoms with Gasteiger partial charge in [0, 0.05) is 26.1 Å². The van der Waals surface area contributed by atoms with Crippen LogP contribution in [0.3, 0.4) is 0 Å². The van der Waals surface area contributed by atoms with E-state index in [-0.39, 0.29) is 17.9 Å². The Balaban J connectivity index is 1.57. The highest BCUT2D eigenvalue weighted by atomic mass is 32.1. The zero-order chi connectivity index (χ0) is 21.2. The molecule has 3 heterocycles. The van der Waals surface area contributed by atoms with Gasteiger partial charge in [0.2, 0.25) is 5.91 Å².